The van der Waals surface area contributed by atoms with Crippen molar-refractivity contribution in [3.8, 4) is 46.3 Å². The molecule has 12 nitrogen and oxygen atoms in total. The predicted molar refractivity (Wildman–Crippen MR) is 153 cm³/mol. The normalized spacial score (nSPS) is 11.2. The van der Waals surface area contributed by atoms with Crippen molar-refractivity contribution in [2.24, 2.45) is 0 Å². The topological polar surface area (TPSA) is 144 Å². The number of methoxy groups -OCH3 is 2. The highest BCUT2D eigenvalue weighted by Crippen LogP contribution is 2.41. The highest BCUT2D eigenvalue weighted by Gasteiger charge is 2.24. The van der Waals surface area contributed by atoms with E-state index in [1.165, 1.54) is 32.7 Å². The van der Waals surface area contributed by atoms with Crippen molar-refractivity contribution in [2.75, 3.05) is 32.2 Å². The number of hydrogen-bond donors (Lipinski definition) is 1. The lowest BCUT2D eigenvalue weighted by Gasteiger charge is -2.16. The van der Waals surface area contributed by atoms with E-state index in [0.29, 0.717) is 36.0 Å². The van der Waals surface area contributed by atoms with E-state index in [2.05, 4.69) is 24.7 Å². The zero-order valence-electron chi connectivity index (χ0n) is 22.9. The fourth-order valence-electron chi connectivity index (χ4n) is 3.63. The van der Waals surface area contributed by atoms with Crippen molar-refractivity contribution in [1.82, 2.24) is 19.9 Å². The standard InChI is InChI=1S/C28H29N5O7S/c1-5-38-20-13-9-14-21(39-6-2)19(20)15-18-41(34,35)33-25-24(40-23-12-8-7-11-22(23)36-3)28(37-4)32-27(31-25)26-29-16-10-17-30-26/h7-18H,5-6H2,1-4H3,(H,31,32,33)/b18-15+. The van der Waals surface area contributed by atoms with Crippen LogP contribution in [0.4, 0.5) is 5.82 Å². The second-order valence-corrected chi connectivity index (χ2v) is 9.61. The van der Waals surface area contributed by atoms with Gasteiger partial charge in [-0.1, -0.05) is 18.2 Å². The predicted octanol–water partition coefficient (Wildman–Crippen LogP) is 4.95. The van der Waals surface area contributed by atoms with Gasteiger partial charge in [-0.15, -0.1) is 0 Å². The van der Waals surface area contributed by atoms with Crippen molar-refractivity contribution in [1.29, 1.82) is 0 Å². The van der Waals surface area contributed by atoms with E-state index in [0.717, 1.165) is 5.41 Å². The molecule has 0 atom stereocenters. The third-order valence-corrected chi connectivity index (χ3v) is 6.33. The van der Waals surface area contributed by atoms with Gasteiger partial charge < -0.3 is 23.7 Å². The largest absolute Gasteiger partial charge is 0.493 e. The zero-order chi connectivity index (χ0) is 29.2. The van der Waals surface area contributed by atoms with Crippen LogP contribution in [0.3, 0.4) is 0 Å². The number of para-hydroxylation sites is 2. The van der Waals surface area contributed by atoms with Gasteiger partial charge in [0.1, 0.15) is 11.5 Å². The van der Waals surface area contributed by atoms with E-state index in [-0.39, 0.29) is 34.8 Å². The van der Waals surface area contributed by atoms with Crippen molar-refractivity contribution in [3.05, 3.63) is 71.9 Å². The molecule has 4 rings (SSSR count). The number of nitrogens with one attached hydrogen (secondary N) is 1. The highest BCUT2D eigenvalue weighted by atomic mass is 32.2. The fourth-order valence-corrected chi connectivity index (χ4v) is 4.43. The smallest absolute Gasteiger partial charge is 0.263 e. The molecule has 41 heavy (non-hydrogen) atoms. The van der Waals surface area contributed by atoms with Gasteiger partial charge in [-0.2, -0.15) is 4.98 Å². The van der Waals surface area contributed by atoms with Gasteiger partial charge in [0.25, 0.3) is 15.9 Å². The van der Waals surface area contributed by atoms with E-state index in [1.807, 2.05) is 13.8 Å². The first kappa shape index (κ1) is 29.1. The molecule has 0 aliphatic heterocycles. The number of aromatic nitrogens is 4. The van der Waals surface area contributed by atoms with E-state index in [4.69, 9.17) is 23.7 Å². The number of anilines is 1. The Hall–Kier alpha value is -4.91. The Morgan fingerprint density at radius 1 is 0.780 bits per heavy atom. The molecule has 0 radical (unpaired) electrons. The number of ether oxygens (including phenoxy) is 5. The second-order valence-electron chi connectivity index (χ2n) is 8.04. The molecule has 0 unspecified atom stereocenters. The summed E-state index contributed by atoms with van der Waals surface area (Å²) in [5, 5.41) is 0.980. The van der Waals surface area contributed by atoms with Crippen LogP contribution in [0.15, 0.2) is 66.3 Å². The Bertz CT molecular complexity index is 1590. The molecule has 0 saturated carbocycles. The molecular weight excluding hydrogens is 550 g/mol. The summed E-state index contributed by atoms with van der Waals surface area (Å²) >= 11 is 0. The van der Waals surface area contributed by atoms with Gasteiger partial charge in [-0.05, 0) is 50.3 Å². The summed E-state index contributed by atoms with van der Waals surface area (Å²) in [5.74, 6) is 1.41. The van der Waals surface area contributed by atoms with Gasteiger partial charge in [0.15, 0.2) is 23.1 Å². The van der Waals surface area contributed by atoms with Gasteiger partial charge in [0.05, 0.1) is 38.4 Å². The summed E-state index contributed by atoms with van der Waals surface area (Å²) in [4.78, 5) is 17.1. The minimum absolute atomic E-state index is 0.0110. The molecule has 4 aromatic rings. The Labute approximate surface area is 238 Å². The zero-order valence-corrected chi connectivity index (χ0v) is 23.7. The van der Waals surface area contributed by atoms with E-state index in [1.54, 1.807) is 48.5 Å². The number of rotatable bonds is 13. The minimum atomic E-state index is -4.19. The highest BCUT2D eigenvalue weighted by molar-refractivity contribution is 7.95. The fraction of sp³-hybridized carbons (Fsp3) is 0.214. The van der Waals surface area contributed by atoms with Crippen LogP contribution in [0, 0.1) is 0 Å². The Morgan fingerprint density at radius 3 is 2.02 bits per heavy atom. The maximum Gasteiger partial charge on any atom is 0.263 e. The van der Waals surface area contributed by atoms with Crippen LogP contribution in [0.25, 0.3) is 17.7 Å². The molecule has 0 saturated heterocycles. The lowest BCUT2D eigenvalue weighted by molar-refractivity contribution is 0.322. The van der Waals surface area contributed by atoms with Crippen LogP contribution in [0.5, 0.6) is 34.6 Å². The lowest BCUT2D eigenvalue weighted by atomic mass is 10.2. The summed E-state index contributed by atoms with van der Waals surface area (Å²) < 4.78 is 57.5. The summed E-state index contributed by atoms with van der Waals surface area (Å²) in [5.41, 5.74) is 0.464. The van der Waals surface area contributed by atoms with E-state index in [9.17, 15) is 8.42 Å². The molecule has 0 amide bonds. The Balaban J connectivity index is 1.79. The summed E-state index contributed by atoms with van der Waals surface area (Å²) in [7, 11) is -1.34. The first-order valence-corrected chi connectivity index (χ1v) is 14.1. The van der Waals surface area contributed by atoms with Gasteiger partial charge in [0, 0.05) is 12.4 Å². The van der Waals surface area contributed by atoms with Crippen LogP contribution < -0.4 is 28.4 Å². The molecular formula is C28H29N5O7S. The molecule has 2 heterocycles. The summed E-state index contributed by atoms with van der Waals surface area (Å²) in [6.45, 7) is 4.43. The third-order valence-electron chi connectivity index (χ3n) is 5.35. The molecule has 2 aromatic carbocycles. The van der Waals surface area contributed by atoms with Crippen LogP contribution >= 0.6 is 0 Å². The third kappa shape index (κ3) is 7.19. The molecule has 0 spiro atoms. The maximum absolute atomic E-state index is 13.4. The van der Waals surface area contributed by atoms with Crippen LogP contribution in [0.1, 0.15) is 19.4 Å². The van der Waals surface area contributed by atoms with Crippen molar-refractivity contribution in [2.45, 2.75) is 13.8 Å². The van der Waals surface area contributed by atoms with Gasteiger partial charge in [-0.25, -0.2) is 23.4 Å². The van der Waals surface area contributed by atoms with Crippen molar-refractivity contribution < 1.29 is 32.1 Å². The molecule has 0 aliphatic carbocycles. The van der Waals surface area contributed by atoms with Gasteiger partial charge >= 0.3 is 0 Å². The minimum Gasteiger partial charge on any atom is -0.493 e. The van der Waals surface area contributed by atoms with Gasteiger partial charge in [0.2, 0.25) is 11.6 Å². The van der Waals surface area contributed by atoms with Crippen molar-refractivity contribution >= 4 is 21.9 Å². The number of sulfonamides is 1. The first-order valence-electron chi connectivity index (χ1n) is 12.5. The molecule has 1 N–H and O–H groups in total. The lowest BCUT2D eigenvalue weighted by Crippen LogP contribution is -2.13. The molecule has 0 aliphatic rings. The van der Waals surface area contributed by atoms with Gasteiger partial charge in [-0.3, -0.25) is 4.72 Å². The number of nitrogens with zero attached hydrogens (tertiary/aromatic N) is 4. The van der Waals surface area contributed by atoms with Crippen LogP contribution in [0.2, 0.25) is 0 Å². The van der Waals surface area contributed by atoms with Crippen LogP contribution in [-0.2, 0) is 10.0 Å². The maximum atomic E-state index is 13.4. The summed E-state index contributed by atoms with van der Waals surface area (Å²) in [6, 6.07) is 13.7. The SMILES string of the molecule is CCOc1cccc(OCC)c1/C=C/S(=O)(=O)Nc1nc(-c2ncccn2)nc(OC)c1Oc1ccccc1OC. The van der Waals surface area contributed by atoms with Crippen LogP contribution in [-0.4, -0.2) is 55.8 Å². The number of benzene rings is 2. The average molecular weight is 580 g/mol. The van der Waals surface area contributed by atoms with Crippen molar-refractivity contribution in [3.63, 3.8) is 0 Å². The Kier molecular flexibility index (Phi) is 9.53. The van der Waals surface area contributed by atoms with E-state index < -0.39 is 10.0 Å². The monoisotopic (exact) mass is 579 g/mol. The average Bonchev–Trinajstić information content (AvgIpc) is 2.98. The Morgan fingerprint density at radius 2 is 1.41 bits per heavy atom. The number of hydrogen-bond acceptors (Lipinski definition) is 11. The van der Waals surface area contributed by atoms with E-state index >= 15 is 0 Å². The first-order chi connectivity index (χ1) is 19.9. The molecule has 0 fully saturated rings. The molecule has 214 valence electrons. The second kappa shape index (κ2) is 13.4. The summed E-state index contributed by atoms with van der Waals surface area (Å²) in [6.07, 6.45) is 4.41. The quantitative estimate of drug-likeness (QED) is 0.230. The molecule has 2 aromatic heterocycles. The molecule has 0 bridgehead atoms. The molecule has 13 heteroatoms.